The molecular weight excluding hydrogens is 368 g/mol. The molecule has 0 aliphatic heterocycles. The van der Waals surface area contributed by atoms with Crippen molar-refractivity contribution in [2.45, 2.75) is 13.8 Å². The molecule has 0 aliphatic carbocycles. The number of aromatic nitrogens is 3. The van der Waals surface area contributed by atoms with Gasteiger partial charge in [-0.1, -0.05) is 52.4 Å². The molecule has 0 fully saturated rings. The predicted molar refractivity (Wildman–Crippen MR) is 103 cm³/mol. The van der Waals surface area contributed by atoms with Gasteiger partial charge in [0.15, 0.2) is 5.13 Å². The first-order valence-corrected chi connectivity index (χ1v) is 9.53. The highest BCUT2D eigenvalue weighted by Crippen LogP contribution is 2.33. The number of nitrogens with one attached hydrogen (secondary N) is 1. The summed E-state index contributed by atoms with van der Waals surface area (Å²) in [5.74, 6) is 0.746. The quantitative estimate of drug-likeness (QED) is 0.549. The van der Waals surface area contributed by atoms with Crippen LogP contribution in [0.4, 0.5) is 5.13 Å². The number of hydrogen-bond acceptors (Lipinski definition) is 7. The van der Waals surface area contributed by atoms with Crippen molar-refractivity contribution in [2.75, 3.05) is 5.32 Å². The van der Waals surface area contributed by atoms with E-state index in [2.05, 4.69) is 20.4 Å². The summed E-state index contributed by atoms with van der Waals surface area (Å²) in [5, 5.41) is 9.23. The van der Waals surface area contributed by atoms with E-state index >= 15 is 0 Å². The van der Waals surface area contributed by atoms with Gasteiger partial charge in [0, 0.05) is 5.56 Å². The molecule has 0 saturated heterocycles. The molecule has 1 aromatic carbocycles. The van der Waals surface area contributed by atoms with Gasteiger partial charge in [0.1, 0.15) is 4.88 Å². The SMILES string of the molecule is Cc1ccc(-c2noc(-c3sc(NC(=O)c4cccs4)nc3C)n2)cc1. The third-order valence-corrected chi connectivity index (χ3v) is 5.62. The minimum atomic E-state index is -0.175. The molecule has 0 aliphatic rings. The molecule has 26 heavy (non-hydrogen) atoms. The van der Waals surface area contributed by atoms with Gasteiger partial charge < -0.3 is 4.52 Å². The molecule has 0 bridgehead atoms. The highest BCUT2D eigenvalue weighted by Gasteiger charge is 2.18. The Bertz CT molecular complexity index is 1050. The summed E-state index contributed by atoms with van der Waals surface area (Å²) in [6.07, 6.45) is 0. The average molecular weight is 382 g/mol. The molecule has 0 atom stereocenters. The van der Waals surface area contributed by atoms with Crippen LogP contribution < -0.4 is 5.32 Å². The monoisotopic (exact) mass is 382 g/mol. The highest BCUT2D eigenvalue weighted by atomic mass is 32.1. The number of benzene rings is 1. The third kappa shape index (κ3) is 3.29. The Hall–Kier alpha value is -2.84. The van der Waals surface area contributed by atoms with E-state index in [1.54, 1.807) is 6.07 Å². The Morgan fingerprint density at radius 3 is 2.65 bits per heavy atom. The number of rotatable bonds is 4. The Kier molecular flexibility index (Phi) is 4.36. The van der Waals surface area contributed by atoms with Gasteiger partial charge in [0.05, 0.1) is 10.6 Å². The van der Waals surface area contributed by atoms with Gasteiger partial charge in [-0.25, -0.2) is 4.98 Å². The van der Waals surface area contributed by atoms with Crippen LogP contribution in [0.25, 0.3) is 22.2 Å². The molecular formula is C18H14N4O2S2. The van der Waals surface area contributed by atoms with E-state index in [1.165, 1.54) is 28.2 Å². The van der Waals surface area contributed by atoms with Crippen molar-refractivity contribution < 1.29 is 9.32 Å². The lowest BCUT2D eigenvalue weighted by Gasteiger charge is -1.97. The van der Waals surface area contributed by atoms with Crippen LogP contribution in [0.3, 0.4) is 0 Å². The largest absolute Gasteiger partial charge is 0.333 e. The molecule has 8 heteroatoms. The van der Waals surface area contributed by atoms with E-state index in [0.29, 0.717) is 21.7 Å². The number of hydrogen-bond donors (Lipinski definition) is 1. The summed E-state index contributed by atoms with van der Waals surface area (Å²) in [7, 11) is 0. The van der Waals surface area contributed by atoms with Crippen LogP contribution in [-0.4, -0.2) is 21.0 Å². The van der Waals surface area contributed by atoms with Crippen LogP contribution >= 0.6 is 22.7 Å². The molecule has 0 saturated carbocycles. The average Bonchev–Trinajstić information content (AvgIpc) is 3.35. The molecule has 3 heterocycles. The third-order valence-electron chi connectivity index (χ3n) is 3.69. The van der Waals surface area contributed by atoms with Crippen LogP contribution in [0.15, 0.2) is 46.3 Å². The van der Waals surface area contributed by atoms with Gasteiger partial charge in [-0.2, -0.15) is 4.98 Å². The van der Waals surface area contributed by atoms with Crippen molar-refractivity contribution in [3.8, 4) is 22.2 Å². The molecule has 0 unspecified atom stereocenters. The Morgan fingerprint density at radius 2 is 1.92 bits per heavy atom. The van der Waals surface area contributed by atoms with Gasteiger partial charge >= 0.3 is 0 Å². The van der Waals surface area contributed by atoms with Crippen LogP contribution in [0.5, 0.6) is 0 Å². The lowest BCUT2D eigenvalue weighted by Crippen LogP contribution is -2.09. The predicted octanol–water partition coefficient (Wildman–Crippen LogP) is 4.79. The lowest BCUT2D eigenvalue weighted by atomic mass is 10.1. The summed E-state index contributed by atoms with van der Waals surface area (Å²) in [5.41, 5.74) is 2.79. The Morgan fingerprint density at radius 1 is 1.12 bits per heavy atom. The summed E-state index contributed by atoms with van der Waals surface area (Å²) in [6.45, 7) is 3.88. The molecule has 4 rings (SSSR count). The molecule has 130 valence electrons. The van der Waals surface area contributed by atoms with E-state index < -0.39 is 0 Å². The topological polar surface area (TPSA) is 80.9 Å². The molecule has 1 N–H and O–H groups in total. The van der Waals surface area contributed by atoms with E-state index in [0.717, 1.165) is 16.1 Å². The standard InChI is InChI=1S/C18H14N4O2S2/c1-10-5-7-12(8-6-10)15-20-17(24-22-15)14-11(2)19-18(26-14)21-16(23)13-4-3-9-25-13/h3-9H,1-2H3,(H,19,21,23). The molecule has 0 radical (unpaired) electrons. The minimum Gasteiger partial charge on any atom is -0.333 e. The fourth-order valence-electron chi connectivity index (χ4n) is 2.35. The minimum absolute atomic E-state index is 0.175. The summed E-state index contributed by atoms with van der Waals surface area (Å²) < 4.78 is 5.41. The van der Waals surface area contributed by atoms with Crippen molar-refractivity contribution in [3.05, 3.63) is 57.9 Å². The lowest BCUT2D eigenvalue weighted by molar-refractivity contribution is 0.103. The van der Waals surface area contributed by atoms with Crippen LogP contribution in [0.1, 0.15) is 20.9 Å². The number of carbonyl (C=O) groups excluding carboxylic acids is 1. The number of thiazole rings is 1. The zero-order valence-corrected chi connectivity index (χ0v) is 15.6. The van der Waals surface area contributed by atoms with Crippen LogP contribution in [0.2, 0.25) is 0 Å². The maximum absolute atomic E-state index is 12.2. The normalized spacial score (nSPS) is 10.8. The van der Waals surface area contributed by atoms with Gasteiger partial charge in [-0.15, -0.1) is 11.3 Å². The van der Waals surface area contributed by atoms with Gasteiger partial charge in [-0.3, -0.25) is 10.1 Å². The van der Waals surface area contributed by atoms with Crippen LogP contribution in [0, 0.1) is 13.8 Å². The van der Waals surface area contributed by atoms with Gasteiger partial charge in [0.2, 0.25) is 5.82 Å². The summed E-state index contributed by atoms with van der Waals surface area (Å²) >= 11 is 2.70. The number of carbonyl (C=O) groups is 1. The fraction of sp³-hybridized carbons (Fsp3) is 0.111. The zero-order valence-electron chi connectivity index (χ0n) is 14.0. The fourth-order valence-corrected chi connectivity index (χ4v) is 3.85. The zero-order chi connectivity index (χ0) is 18.1. The van der Waals surface area contributed by atoms with E-state index in [4.69, 9.17) is 4.52 Å². The molecule has 0 spiro atoms. The van der Waals surface area contributed by atoms with Crippen molar-refractivity contribution in [3.63, 3.8) is 0 Å². The Balaban J connectivity index is 1.58. The number of nitrogens with zero attached hydrogens (tertiary/aromatic N) is 3. The first kappa shape index (κ1) is 16.6. The first-order valence-electron chi connectivity index (χ1n) is 7.83. The highest BCUT2D eigenvalue weighted by molar-refractivity contribution is 7.19. The van der Waals surface area contributed by atoms with Gasteiger partial charge in [0.25, 0.3) is 11.8 Å². The van der Waals surface area contributed by atoms with Crippen molar-refractivity contribution in [2.24, 2.45) is 0 Å². The molecule has 6 nitrogen and oxygen atoms in total. The second-order valence-electron chi connectivity index (χ2n) is 5.65. The van der Waals surface area contributed by atoms with E-state index in [-0.39, 0.29) is 5.91 Å². The number of aryl methyl sites for hydroxylation is 2. The molecule has 3 aromatic heterocycles. The van der Waals surface area contributed by atoms with E-state index in [1.807, 2.05) is 49.6 Å². The number of amides is 1. The second kappa shape index (κ2) is 6.81. The maximum atomic E-state index is 12.2. The van der Waals surface area contributed by atoms with Crippen molar-refractivity contribution in [1.29, 1.82) is 0 Å². The Labute approximate surface area is 157 Å². The molecule has 1 amide bonds. The smallest absolute Gasteiger partial charge is 0.270 e. The van der Waals surface area contributed by atoms with E-state index in [9.17, 15) is 4.79 Å². The first-order chi connectivity index (χ1) is 12.6. The maximum Gasteiger partial charge on any atom is 0.270 e. The van der Waals surface area contributed by atoms with Crippen molar-refractivity contribution >= 4 is 33.7 Å². The molecule has 4 aromatic rings. The van der Waals surface area contributed by atoms with Crippen molar-refractivity contribution in [1.82, 2.24) is 15.1 Å². The number of anilines is 1. The van der Waals surface area contributed by atoms with Crippen LogP contribution in [-0.2, 0) is 0 Å². The summed E-state index contributed by atoms with van der Waals surface area (Å²) in [6, 6.07) is 11.5. The second-order valence-corrected chi connectivity index (χ2v) is 7.60. The van der Waals surface area contributed by atoms with Gasteiger partial charge in [-0.05, 0) is 25.3 Å². The summed E-state index contributed by atoms with van der Waals surface area (Å²) in [4.78, 5) is 22.4. The number of thiophene rings is 1.